The fraction of sp³-hybridized carbons (Fsp3) is 0.227. The molecule has 0 atom stereocenters. The molecule has 0 aliphatic carbocycles. The van der Waals surface area contributed by atoms with Gasteiger partial charge in [-0.1, -0.05) is 42.1 Å². The van der Waals surface area contributed by atoms with Gasteiger partial charge in [-0.2, -0.15) is 0 Å². The summed E-state index contributed by atoms with van der Waals surface area (Å²) in [6, 6.07) is 9.79. The molecule has 0 aliphatic rings. The van der Waals surface area contributed by atoms with Crippen LogP contribution in [0.5, 0.6) is 0 Å². The molecule has 12 heteroatoms. The predicted octanol–water partition coefficient (Wildman–Crippen LogP) is 2.33. The predicted molar refractivity (Wildman–Crippen MR) is 129 cm³/mol. The third kappa shape index (κ3) is 5.83. The first-order valence-electron chi connectivity index (χ1n) is 10.2. The molecular formula is C22H20N6O4S2. The number of benzene rings is 1. The van der Waals surface area contributed by atoms with E-state index in [0.717, 1.165) is 17.3 Å². The normalized spacial score (nSPS) is 10.9. The molecule has 0 saturated carbocycles. The molecule has 0 radical (unpaired) electrons. The number of anilines is 1. The number of methoxy groups -OCH3 is 1. The standard InChI is InChI=1S/C22H20N6O4S2/c1-32-17(30)11-15-12-33-21(25-15)26-16(29)13-34-22-27-19-18(23-8-9-24-19)20(31)28(22)10-7-14-5-3-2-4-6-14/h2-6,8-9,12H,7,10-11,13H2,1H3,(H,25,26,29). The quantitative estimate of drug-likeness (QED) is 0.211. The van der Waals surface area contributed by atoms with Crippen molar-refractivity contribution in [3.63, 3.8) is 0 Å². The van der Waals surface area contributed by atoms with Gasteiger partial charge in [-0.15, -0.1) is 11.3 Å². The summed E-state index contributed by atoms with van der Waals surface area (Å²) in [5.74, 6) is -0.708. The van der Waals surface area contributed by atoms with Gasteiger partial charge in [0, 0.05) is 24.3 Å². The highest BCUT2D eigenvalue weighted by Crippen LogP contribution is 2.20. The number of amides is 1. The fourth-order valence-corrected chi connectivity index (χ4v) is 4.61. The minimum absolute atomic E-state index is 0.00939. The molecule has 0 spiro atoms. The Bertz CT molecular complexity index is 1370. The highest BCUT2D eigenvalue weighted by Gasteiger charge is 2.16. The summed E-state index contributed by atoms with van der Waals surface area (Å²) in [5, 5.41) is 5.15. The number of thiazole rings is 1. The number of aromatic nitrogens is 5. The van der Waals surface area contributed by atoms with E-state index in [9.17, 15) is 14.4 Å². The summed E-state index contributed by atoms with van der Waals surface area (Å²) < 4.78 is 6.15. The number of rotatable bonds is 9. The van der Waals surface area contributed by atoms with Crippen molar-refractivity contribution in [1.82, 2.24) is 24.5 Å². The summed E-state index contributed by atoms with van der Waals surface area (Å²) >= 11 is 2.35. The highest BCUT2D eigenvalue weighted by molar-refractivity contribution is 7.99. The Labute approximate surface area is 202 Å². The van der Waals surface area contributed by atoms with Gasteiger partial charge in [0.1, 0.15) is 0 Å². The van der Waals surface area contributed by atoms with Crippen molar-refractivity contribution >= 4 is 51.3 Å². The molecule has 4 rings (SSSR count). The molecule has 3 aromatic heterocycles. The number of hydrogen-bond donors (Lipinski definition) is 1. The van der Waals surface area contributed by atoms with Crippen LogP contribution in [0.15, 0.2) is 58.1 Å². The molecule has 0 saturated heterocycles. The molecule has 34 heavy (non-hydrogen) atoms. The van der Waals surface area contributed by atoms with E-state index >= 15 is 0 Å². The van der Waals surface area contributed by atoms with E-state index < -0.39 is 5.97 Å². The maximum Gasteiger partial charge on any atom is 0.311 e. The van der Waals surface area contributed by atoms with Crippen molar-refractivity contribution in [1.29, 1.82) is 0 Å². The van der Waals surface area contributed by atoms with Crippen molar-refractivity contribution in [3.05, 3.63) is 69.7 Å². The first-order chi connectivity index (χ1) is 16.5. The Morgan fingerprint density at radius 2 is 1.94 bits per heavy atom. The lowest BCUT2D eigenvalue weighted by Crippen LogP contribution is -2.26. The number of aryl methyl sites for hydroxylation is 1. The fourth-order valence-electron chi connectivity index (χ4n) is 3.07. The van der Waals surface area contributed by atoms with E-state index in [1.54, 1.807) is 5.38 Å². The van der Waals surface area contributed by atoms with Crippen LogP contribution in [0, 0.1) is 0 Å². The number of nitrogens with one attached hydrogen (secondary N) is 1. The maximum absolute atomic E-state index is 13.1. The minimum Gasteiger partial charge on any atom is -0.469 e. The van der Waals surface area contributed by atoms with Gasteiger partial charge in [0.05, 0.1) is 25.0 Å². The van der Waals surface area contributed by atoms with E-state index in [4.69, 9.17) is 0 Å². The molecule has 1 amide bonds. The summed E-state index contributed by atoms with van der Waals surface area (Å²) in [6.45, 7) is 0.385. The zero-order chi connectivity index (χ0) is 23.9. The zero-order valence-corrected chi connectivity index (χ0v) is 19.8. The summed E-state index contributed by atoms with van der Waals surface area (Å²) in [6.07, 6.45) is 3.58. The number of carbonyl (C=O) groups excluding carboxylic acids is 2. The average Bonchev–Trinajstić information content (AvgIpc) is 3.29. The van der Waals surface area contributed by atoms with E-state index in [2.05, 4.69) is 30.0 Å². The molecule has 1 aromatic carbocycles. The molecule has 174 valence electrons. The largest absolute Gasteiger partial charge is 0.469 e. The third-order valence-corrected chi connectivity index (χ3v) is 6.49. The zero-order valence-electron chi connectivity index (χ0n) is 18.1. The van der Waals surface area contributed by atoms with Gasteiger partial charge >= 0.3 is 5.97 Å². The molecule has 1 N–H and O–H groups in total. The highest BCUT2D eigenvalue weighted by atomic mass is 32.2. The number of hydrogen-bond acceptors (Lipinski definition) is 10. The third-order valence-electron chi connectivity index (χ3n) is 4.71. The number of thioether (sulfide) groups is 1. The van der Waals surface area contributed by atoms with Gasteiger partial charge in [0.15, 0.2) is 21.5 Å². The van der Waals surface area contributed by atoms with Gasteiger partial charge in [0.2, 0.25) is 5.91 Å². The smallest absolute Gasteiger partial charge is 0.311 e. The van der Waals surface area contributed by atoms with Crippen LogP contribution >= 0.6 is 23.1 Å². The van der Waals surface area contributed by atoms with Gasteiger partial charge in [-0.25, -0.2) is 19.9 Å². The Balaban J connectivity index is 1.48. The lowest BCUT2D eigenvalue weighted by molar-refractivity contribution is -0.139. The molecule has 10 nitrogen and oxygen atoms in total. The van der Waals surface area contributed by atoms with Crippen LogP contribution in [0.3, 0.4) is 0 Å². The maximum atomic E-state index is 13.1. The van der Waals surface area contributed by atoms with Crippen LogP contribution in [0.4, 0.5) is 5.13 Å². The van der Waals surface area contributed by atoms with Gasteiger partial charge in [-0.3, -0.25) is 19.0 Å². The topological polar surface area (TPSA) is 129 Å². The second kappa shape index (κ2) is 11.0. The molecule has 0 aliphatic heterocycles. The monoisotopic (exact) mass is 496 g/mol. The second-order valence-electron chi connectivity index (χ2n) is 7.05. The van der Waals surface area contributed by atoms with Crippen molar-refractivity contribution < 1.29 is 14.3 Å². The molecule has 4 aromatic rings. The Morgan fingerprint density at radius 1 is 1.15 bits per heavy atom. The lowest BCUT2D eigenvalue weighted by atomic mass is 10.1. The number of fused-ring (bicyclic) bond motifs is 1. The molecule has 0 bridgehead atoms. The van der Waals surface area contributed by atoms with Crippen LogP contribution in [-0.4, -0.2) is 49.2 Å². The van der Waals surface area contributed by atoms with Crippen LogP contribution in [-0.2, 0) is 33.7 Å². The van der Waals surface area contributed by atoms with Crippen molar-refractivity contribution in [3.8, 4) is 0 Å². The molecule has 3 heterocycles. The van der Waals surface area contributed by atoms with Crippen LogP contribution in [0.2, 0.25) is 0 Å². The first-order valence-corrected chi connectivity index (χ1v) is 12.1. The molecule has 0 fully saturated rings. The number of nitrogens with zero attached hydrogens (tertiary/aromatic N) is 5. The number of carbonyl (C=O) groups is 2. The van der Waals surface area contributed by atoms with Crippen LogP contribution in [0.25, 0.3) is 11.2 Å². The van der Waals surface area contributed by atoms with Crippen molar-refractivity contribution in [2.75, 3.05) is 18.2 Å². The van der Waals surface area contributed by atoms with Crippen molar-refractivity contribution in [2.45, 2.75) is 24.5 Å². The number of ether oxygens (including phenoxy) is 1. The summed E-state index contributed by atoms with van der Waals surface area (Å²) in [5.41, 5.74) is 1.71. The van der Waals surface area contributed by atoms with E-state index in [1.165, 1.54) is 35.4 Å². The van der Waals surface area contributed by atoms with Crippen LogP contribution in [0.1, 0.15) is 11.3 Å². The van der Waals surface area contributed by atoms with Gasteiger partial charge in [-0.05, 0) is 12.0 Å². The van der Waals surface area contributed by atoms with E-state index in [-0.39, 0.29) is 34.8 Å². The summed E-state index contributed by atoms with van der Waals surface area (Å²) in [4.78, 5) is 53.9. The van der Waals surface area contributed by atoms with E-state index in [0.29, 0.717) is 28.9 Å². The Morgan fingerprint density at radius 3 is 2.74 bits per heavy atom. The Hall–Kier alpha value is -3.64. The van der Waals surface area contributed by atoms with E-state index in [1.807, 2.05) is 30.3 Å². The lowest BCUT2D eigenvalue weighted by Gasteiger charge is -2.12. The van der Waals surface area contributed by atoms with Crippen molar-refractivity contribution in [2.24, 2.45) is 0 Å². The molecule has 0 unspecified atom stereocenters. The average molecular weight is 497 g/mol. The summed E-state index contributed by atoms with van der Waals surface area (Å²) in [7, 11) is 1.31. The molecular weight excluding hydrogens is 476 g/mol. The SMILES string of the molecule is COC(=O)Cc1csc(NC(=O)CSc2nc3nccnc3c(=O)n2CCc2ccccc2)n1. The Kier molecular flexibility index (Phi) is 7.60. The second-order valence-corrected chi connectivity index (χ2v) is 8.85. The van der Waals surface area contributed by atoms with Gasteiger partial charge in [0.25, 0.3) is 5.56 Å². The van der Waals surface area contributed by atoms with Crippen LogP contribution < -0.4 is 10.9 Å². The number of esters is 1. The first kappa shape index (κ1) is 23.5. The van der Waals surface area contributed by atoms with Gasteiger partial charge < -0.3 is 10.1 Å². The minimum atomic E-state index is -0.405.